The summed E-state index contributed by atoms with van der Waals surface area (Å²) in [7, 11) is -2.03. The molecule has 0 aliphatic carbocycles. The minimum Gasteiger partial charge on any atom is -0.309 e. The predicted molar refractivity (Wildman–Crippen MR) is 99.4 cm³/mol. The summed E-state index contributed by atoms with van der Waals surface area (Å²) >= 11 is 1.74. The van der Waals surface area contributed by atoms with Crippen molar-refractivity contribution in [3.8, 4) is 5.69 Å². The lowest BCUT2D eigenvalue weighted by atomic mass is 10.2. The number of carbonyl (C=O) groups is 1. The maximum Gasteiger partial charge on any atom is 0.240 e. The quantitative estimate of drug-likeness (QED) is 0.854. The molecule has 134 valence electrons. The second-order valence-electron chi connectivity index (χ2n) is 6.03. The summed E-state index contributed by atoms with van der Waals surface area (Å²) in [6.45, 7) is 1.75. The van der Waals surface area contributed by atoms with E-state index in [-0.39, 0.29) is 12.5 Å². The van der Waals surface area contributed by atoms with E-state index in [2.05, 4.69) is 10.4 Å². The van der Waals surface area contributed by atoms with Crippen LogP contribution < -0.4 is 5.32 Å². The molecule has 7 nitrogen and oxygen atoms in total. The van der Waals surface area contributed by atoms with Crippen LogP contribution in [0.4, 0.5) is 5.82 Å². The lowest BCUT2D eigenvalue weighted by Gasteiger charge is -2.16. The Morgan fingerprint density at radius 2 is 2.08 bits per heavy atom. The van der Waals surface area contributed by atoms with E-state index >= 15 is 0 Å². The zero-order chi connectivity index (χ0) is 18.2. The Kier molecular flexibility index (Phi) is 4.90. The number of nitrogens with one attached hydrogen (secondary N) is 1. The Bertz CT molecular complexity index is 921. The minimum atomic E-state index is -3.41. The van der Waals surface area contributed by atoms with Crippen LogP contribution in [0.5, 0.6) is 0 Å². The van der Waals surface area contributed by atoms with Crippen LogP contribution in [0.3, 0.4) is 0 Å². The van der Waals surface area contributed by atoms with Gasteiger partial charge in [-0.2, -0.15) is 21.2 Å². The number of para-hydroxylation sites is 1. The highest BCUT2D eigenvalue weighted by Crippen LogP contribution is 2.36. The van der Waals surface area contributed by atoms with Crippen molar-refractivity contribution < 1.29 is 13.2 Å². The molecular formula is C16H20N4O3S2. The van der Waals surface area contributed by atoms with Gasteiger partial charge in [0.2, 0.25) is 15.9 Å². The number of carbonyl (C=O) groups excluding carboxylic acids is 1. The van der Waals surface area contributed by atoms with Crippen LogP contribution in [-0.4, -0.2) is 48.3 Å². The van der Waals surface area contributed by atoms with E-state index in [1.807, 2.05) is 31.2 Å². The summed E-state index contributed by atoms with van der Waals surface area (Å²) in [5.74, 6) is 1.82. The number of aryl methyl sites for hydroxylation is 1. The van der Waals surface area contributed by atoms with Gasteiger partial charge in [0.25, 0.3) is 0 Å². The molecule has 1 aliphatic rings. The topological polar surface area (TPSA) is 84.3 Å². The molecule has 0 saturated carbocycles. The van der Waals surface area contributed by atoms with Gasteiger partial charge in [-0.05, 0) is 18.6 Å². The zero-order valence-electron chi connectivity index (χ0n) is 14.3. The summed E-state index contributed by atoms with van der Waals surface area (Å²) in [6, 6.07) is 7.81. The Hall–Kier alpha value is -1.84. The molecule has 9 heteroatoms. The lowest BCUT2D eigenvalue weighted by molar-refractivity contribution is -0.116. The first kappa shape index (κ1) is 18.0. The number of nitrogens with zero attached hydrogens (tertiary/aromatic N) is 3. The molecule has 1 aromatic heterocycles. The van der Waals surface area contributed by atoms with Gasteiger partial charge in [0, 0.05) is 24.1 Å². The van der Waals surface area contributed by atoms with Crippen molar-refractivity contribution in [3.05, 3.63) is 41.1 Å². The average molecular weight is 380 g/mol. The minimum absolute atomic E-state index is 0.236. The number of hydrogen-bond donors (Lipinski definition) is 1. The second-order valence-corrected chi connectivity index (χ2v) is 9.11. The van der Waals surface area contributed by atoms with Crippen LogP contribution in [0, 0.1) is 6.92 Å². The molecule has 25 heavy (non-hydrogen) atoms. The number of rotatable bonds is 5. The first-order valence-corrected chi connectivity index (χ1v) is 10.7. The summed E-state index contributed by atoms with van der Waals surface area (Å²) < 4.78 is 25.8. The van der Waals surface area contributed by atoms with Gasteiger partial charge in [-0.15, -0.1) is 0 Å². The van der Waals surface area contributed by atoms with E-state index in [0.29, 0.717) is 5.82 Å². The Morgan fingerprint density at radius 3 is 2.76 bits per heavy atom. The van der Waals surface area contributed by atoms with Crippen LogP contribution in [-0.2, 0) is 26.3 Å². The Morgan fingerprint density at radius 1 is 1.36 bits per heavy atom. The van der Waals surface area contributed by atoms with Crippen molar-refractivity contribution in [1.82, 2.24) is 14.1 Å². The predicted octanol–water partition coefficient (Wildman–Crippen LogP) is 1.76. The third kappa shape index (κ3) is 3.73. The molecule has 0 unspecified atom stereocenters. The van der Waals surface area contributed by atoms with Gasteiger partial charge in [-0.3, -0.25) is 4.79 Å². The van der Waals surface area contributed by atoms with Gasteiger partial charge in [-0.25, -0.2) is 13.1 Å². The molecule has 1 aliphatic heterocycles. The number of likely N-dealkylation sites (N-methyl/N-ethyl adjacent to an activating group) is 1. The molecule has 1 N–H and O–H groups in total. The number of amides is 1. The summed E-state index contributed by atoms with van der Waals surface area (Å²) in [6.07, 6.45) is 1.08. The highest BCUT2D eigenvalue weighted by molar-refractivity contribution is 7.98. The fourth-order valence-corrected chi connectivity index (χ4v) is 3.99. The van der Waals surface area contributed by atoms with Gasteiger partial charge in [-0.1, -0.05) is 18.2 Å². The van der Waals surface area contributed by atoms with Gasteiger partial charge in [0.15, 0.2) is 0 Å². The molecule has 0 saturated heterocycles. The van der Waals surface area contributed by atoms with Crippen LogP contribution >= 0.6 is 11.8 Å². The molecule has 0 spiro atoms. The molecule has 1 amide bonds. The van der Waals surface area contributed by atoms with E-state index in [1.165, 1.54) is 7.05 Å². The largest absolute Gasteiger partial charge is 0.309 e. The molecule has 0 fully saturated rings. The van der Waals surface area contributed by atoms with Crippen LogP contribution in [0.2, 0.25) is 0 Å². The molecule has 2 heterocycles. The molecule has 0 radical (unpaired) electrons. The number of anilines is 1. The first-order chi connectivity index (χ1) is 11.8. The third-order valence-corrected chi connectivity index (χ3v) is 6.32. The normalized spacial score (nSPS) is 13.9. The van der Waals surface area contributed by atoms with Crippen molar-refractivity contribution >= 4 is 33.5 Å². The summed E-state index contributed by atoms with van der Waals surface area (Å²) in [5, 5.41) is 7.51. The Balaban J connectivity index is 1.93. The smallest absolute Gasteiger partial charge is 0.240 e. The van der Waals surface area contributed by atoms with E-state index in [9.17, 15) is 13.2 Å². The average Bonchev–Trinajstić information content (AvgIpc) is 3.09. The molecule has 1 aromatic carbocycles. The highest BCUT2D eigenvalue weighted by Gasteiger charge is 2.26. The van der Waals surface area contributed by atoms with E-state index in [4.69, 9.17) is 0 Å². The monoisotopic (exact) mass is 380 g/mol. The maximum atomic E-state index is 12.4. The van der Waals surface area contributed by atoms with Gasteiger partial charge >= 0.3 is 0 Å². The SMILES string of the molecule is Cc1ccccc1-n1nc2c(c1NC(=O)CN(C)S(C)(=O)=O)CSC2. The molecule has 0 bridgehead atoms. The van der Waals surface area contributed by atoms with Crippen LogP contribution in [0.25, 0.3) is 5.69 Å². The second kappa shape index (κ2) is 6.81. The van der Waals surface area contributed by atoms with Crippen molar-refractivity contribution in [2.45, 2.75) is 18.4 Å². The van der Waals surface area contributed by atoms with Crippen LogP contribution in [0.1, 0.15) is 16.8 Å². The van der Waals surface area contributed by atoms with Gasteiger partial charge in [0.1, 0.15) is 5.82 Å². The fourth-order valence-electron chi connectivity index (χ4n) is 2.61. The lowest BCUT2D eigenvalue weighted by Crippen LogP contribution is -2.34. The van der Waals surface area contributed by atoms with Crippen molar-refractivity contribution in [2.24, 2.45) is 0 Å². The number of hydrogen-bond acceptors (Lipinski definition) is 5. The highest BCUT2D eigenvalue weighted by atomic mass is 32.2. The number of sulfonamides is 1. The zero-order valence-corrected chi connectivity index (χ0v) is 15.9. The number of benzene rings is 1. The number of thioether (sulfide) groups is 1. The third-order valence-electron chi connectivity index (χ3n) is 4.09. The summed E-state index contributed by atoms with van der Waals surface area (Å²) in [5.41, 5.74) is 3.90. The standard InChI is InChI=1S/C16H20N4O3S2/c1-11-6-4-5-7-14(11)20-16(12-9-24-10-13(12)18-20)17-15(21)8-19(2)25(3,22)23/h4-7H,8-10H2,1-3H3,(H,17,21). The van der Waals surface area contributed by atoms with Crippen molar-refractivity contribution in [2.75, 3.05) is 25.2 Å². The molecule has 0 atom stereocenters. The van der Waals surface area contributed by atoms with E-state index in [1.54, 1.807) is 16.4 Å². The van der Waals surface area contributed by atoms with Crippen molar-refractivity contribution in [1.29, 1.82) is 0 Å². The molecule has 2 aromatic rings. The summed E-state index contributed by atoms with van der Waals surface area (Å²) in [4.78, 5) is 12.4. The molecule has 3 rings (SSSR count). The van der Waals surface area contributed by atoms with Gasteiger partial charge in [0.05, 0.1) is 24.2 Å². The first-order valence-electron chi connectivity index (χ1n) is 7.73. The van der Waals surface area contributed by atoms with E-state index < -0.39 is 10.0 Å². The molecular weight excluding hydrogens is 360 g/mol. The number of aromatic nitrogens is 2. The fraction of sp³-hybridized carbons (Fsp3) is 0.375. The van der Waals surface area contributed by atoms with E-state index in [0.717, 1.165) is 44.6 Å². The maximum absolute atomic E-state index is 12.4. The van der Waals surface area contributed by atoms with Crippen molar-refractivity contribution in [3.63, 3.8) is 0 Å². The van der Waals surface area contributed by atoms with Gasteiger partial charge < -0.3 is 5.32 Å². The Labute approximate surface area is 151 Å². The number of fused-ring (bicyclic) bond motifs is 1. The van der Waals surface area contributed by atoms with Crippen LogP contribution in [0.15, 0.2) is 24.3 Å².